The fraction of sp³-hybridized carbons (Fsp3) is 0.214. The van der Waals surface area contributed by atoms with Gasteiger partial charge in [0.1, 0.15) is 17.3 Å². The highest BCUT2D eigenvalue weighted by molar-refractivity contribution is 5.99. The molecule has 20 heavy (non-hydrogen) atoms. The molecule has 0 bridgehead atoms. The number of nitrogens with two attached hydrogens (primary N) is 2. The molecule has 4 N–H and O–H groups in total. The number of halogens is 1. The predicted octanol–water partition coefficient (Wildman–Crippen LogP) is 2.04. The number of carbonyl (C=O) groups is 1. The van der Waals surface area contributed by atoms with Crippen LogP contribution >= 0.6 is 0 Å². The van der Waals surface area contributed by atoms with E-state index in [-0.39, 0.29) is 16.9 Å². The van der Waals surface area contributed by atoms with E-state index in [1.807, 2.05) is 19.1 Å². The van der Waals surface area contributed by atoms with Gasteiger partial charge >= 0.3 is 0 Å². The zero-order valence-electron chi connectivity index (χ0n) is 11.3. The zero-order valence-corrected chi connectivity index (χ0v) is 11.3. The van der Waals surface area contributed by atoms with Gasteiger partial charge in [-0.15, -0.1) is 0 Å². The molecule has 0 aliphatic carbocycles. The second-order valence-corrected chi connectivity index (χ2v) is 4.62. The largest absolute Gasteiger partial charge is 0.464 e. The van der Waals surface area contributed by atoms with E-state index in [9.17, 15) is 9.18 Å². The van der Waals surface area contributed by atoms with E-state index in [1.165, 1.54) is 6.07 Å². The van der Waals surface area contributed by atoms with Gasteiger partial charge in [0.15, 0.2) is 0 Å². The number of nitrogen functional groups attached to an aromatic ring is 1. The van der Waals surface area contributed by atoms with E-state index >= 15 is 0 Å². The molecule has 1 heterocycles. The van der Waals surface area contributed by atoms with Crippen molar-refractivity contribution in [2.24, 2.45) is 5.73 Å². The fourth-order valence-corrected chi connectivity index (χ4v) is 1.97. The van der Waals surface area contributed by atoms with Gasteiger partial charge in [-0.1, -0.05) is 0 Å². The molecule has 0 saturated heterocycles. The Balaban J connectivity index is 2.31. The number of hydrogen-bond donors (Lipinski definition) is 2. The number of furan rings is 1. The summed E-state index contributed by atoms with van der Waals surface area (Å²) in [7, 11) is 1.69. The van der Waals surface area contributed by atoms with E-state index in [4.69, 9.17) is 15.9 Å². The van der Waals surface area contributed by atoms with Crippen molar-refractivity contribution in [2.45, 2.75) is 13.5 Å². The molecule has 5 nitrogen and oxygen atoms in total. The minimum atomic E-state index is -0.689. The Morgan fingerprint density at radius 2 is 2.10 bits per heavy atom. The lowest BCUT2D eigenvalue weighted by Crippen LogP contribution is -2.20. The number of anilines is 2. The summed E-state index contributed by atoms with van der Waals surface area (Å²) in [4.78, 5) is 12.9. The van der Waals surface area contributed by atoms with Gasteiger partial charge in [0.05, 0.1) is 17.8 Å². The second-order valence-electron chi connectivity index (χ2n) is 4.62. The Bertz CT molecular complexity index is 652. The van der Waals surface area contributed by atoms with Crippen LogP contribution in [0.2, 0.25) is 0 Å². The molecule has 1 aromatic heterocycles. The van der Waals surface area contributed by atoms with Crippen LogP contribution in [0.5, 0.6) is 0 Å². The van der Waals surface area contributed by atoms with E-state index in [0.717, 1.165) is 11.8 Å². The average Bonchev–Trinajstić information content (AvgIpc) is 2.74. The summed E-state index contributed by atoms with van der Waals surface area (Å²) in [5, 5.41) is 0. The van der Waals surface area contributed by atoms with Crippen molar-refractivity contribution in [1.82, 2.24) is 0 Å². The third kappa shape index (κ3) is 2.74. The van der Waals surface area contributed by atoms with Crippen LogP contribution < -0.4 is 16.4 Å². The zero-order chi connectivity index (χ0) is 14.9. The maximum atomic E-state index is 13.9. The summed E-state index contributed by atoms with van der Waals surface area (Å²) in [6.45, 7) is 2.20. The van der Waals surface area contributed by atoms with Gasteiger partial charge in [0.25, 0.3) is 5.91 Å². The van der Waals surface area contributed by atoms with Crippen LogP contribution in [0.3, 0.4) is 0 Å². The molecular weight excluding hydrogens is 261 g/mol. The Kier molecular flexibility index (Phi) is 3.65. The minimum Gasteiger partial charge on any atom is -0.464 e. The standard InChI is InChI=1S/C14H16FN3O2/c1-8-3-4-9(20-8)7-18(2)13-5-10(14(17)19)12(16)6-11(13)15/h3-6H,7,16H2,1-2H3,(H2,17,19). The van der Waals surface area contributed by atoms with Crippen LogP contribution in [-0.4, -0.2) is 13.0 Å². The highest BCUT2D eigenvalue weighted by Crippen LogP contribution is 2.26. The first-order valence-corrected chi connectivity index (χ1v) is 6.03. The SMILES string of the molecule is Cc1ccc(CN(C)c2cc(C(N)=O)c(N)cc2F)o1. The molecule has 0 aliphatic heterocycles. The maximum Gasteiger partial charge on any atom is 0.250 e. The molecule has 2 rings (SSSR count). The number of carbonyl (C=O) groups excluding carboxylic acids is 1. The number of primary amides is 1. The Labute approximate surface area is 116 Å². The third-order valence-electron chi connectivity index (χ3n) is 2.98. The lowest BCUT2D eigenvalue weighted by atomic mass is 10.1. The highest BCUT2D eigenvalue weighted by Gasteiger charge is 2.15. The van der Waals surface area contributed by atoms with Crippen molar-refractivity contribution < 1.29 is 13.6 Å². The van der Waals surface area contributed by atoms with Crippen molar-refractivity contribution in [3.8, 4) is 0 Å². The number of benzene rings is 1. The molecule has 0 unspecified atom stereocenters. The molecule has 0 fully saturated rings. The van der Waals surface area contributed by atoms with E-state index in [2.05, 4.69) is 0 Å². The monoisotopic (exact) mass is 277 g/mol. The quantitative estimate of drug-likeness (QED) is 0.837. The summed E-state index contributed by atoms with van der Waals surface area (Å²) >= 11 is 0. The first kappa shape index (κ1) is 13.9. The van der Waals surface area contributed by atoms with Gasteiger partial charge in [0.2, 0.25) is 0 Å². The number of rotatable bonds is 4. The Morgan fingerprint density at radius 3 is 2.65 bits per heavy atom. The van der Waals surface area contributed by atoms with E-state index in [0.29, 0.717) is 12.3 Å². The molecule has 6 heteroatoms. The molecular formula is C14H16FN3O2. The van der Waals surface area contributed by atoms with Gasteiger partial charge in [0, 0.05) is 12.7 Å². The fourth-order valence-electron chi connectivity index (χ4n) is 1.97. The van der Waals surface area contributed by atoms with Gasteiger partial charge in [-0.2, -0.15) is 0 Å². The average molecular weight is 277 g/mol. The van der Waals surface area contributed by atoms with Crippen LogP contribution in [0.25, 0.3) is 0 Å². The van der Waals surface area contributed by atoms with Crippen molar-refractivity contribution >= 4 is 17.3 Å². The van der Waals surface area contributed by atoms with Crippen molar-refractivity contribution in [1.29, 1.82) is 0 Å². The van der Waals surface area contributed by atoms with E-state index in [1.54, 1.807) is 11.9 Å². The molecule has 106 valence electrons. The van der Waals surface area contributed by atoms with E-state index < -0.39 is 11.7 Å². The maximum absolute atomic E-state index is 13.9. The van der Waals surface area contributed by atoms with Gasteiger partial charge in [-0.25, -0.2) is 4.39 Å². The third-order valence-corrected chi connectivity index (χ3v) is 2.98. The molecule has 0 atom stereocenters. The molecule has 0 saturated carbocycles. The normalized spacial score (nSPS) is 10.6. The van der Waals surface area contributed by atoms with Gasteiger partial charge < -0.3 is 20.8 Å². The summed E-state index contributed by atoms with van der Waals surface area (Å²) in [5.41, 5.74) is 11.1. The Hall–Kier alpha value is -2.50. The Morgan fingerprint density at radius 1 is 1.40 bits per heavy atom. The van der Waals surface area contributed by atoms with Crippen LogP contribution in [0.15, 0.2) is 28.7 Å². The van der Waals surface area contributed by atoms with Gasteiger partial charge in [-0.3, -0.25) is 4.79 Å². The number of hydrogen-bond acceptors (Lipinski definition) is 4. The molecule has 0 spiro atoms. The number of nitrogens with zero attached hydrogens (tertiary/aromatic N) is 1. The van der Waals surface area contributed by atoms with Crippen molar-refractivity contribution in [3.63, 3.8) is 0 Å². The van der Waals surface area contributed by atoms with Gasteiger partial charge in [-0.05, 0) is 31.2 Å². The number of aryl methyl sites for hydroxylation is 1. The van der Waals surface area contributed by atoms with Crippen LogP contribution in [0, 0.1) is 12.7 Å². The van der Waals surface area contributed by atoms with Crippen LogP contribution in [-0.2, 0) is 6.54 Å². The first-order chi connectivity index (χ1) is 9.38. The summed E-state index contributed by atoms with van der Waals surface area (Å²) in [6, 6.07) is 6.09. The summed E-state index contributed by atoms with van der Waals surface area (Å²) < 4.78 is 19.4. The summed E-state index contributed by atoms with van der Waals surface area (Å²) in [6.07, 6.45) is 0. The molecule has 0 aliphatic rings. The summed E-state index contributed by atoms with van der Waals surface area (Å²) in [5.74, 6) is 0.273. The van der Waals surface area contributed by atoms with Crippen LogP contribution in [0.4, 0.5) is 15.8 Å². The molecule has 1 aromatic carbocycles. The lowest BCUT2D eigenvalue weighted by Gasteiger charge is -2.20. The number of amides is 1. The highest BCUT2D eigenvalue weighted by atomic mass is 19.1. The minimum absolute atomic E-state index is 0.0287. The van der Waals surface area contributed by atoms with Crippen LogP contribution in [0.1, 0.15) is 21.9 Å². The molecule has 1 amide bonds. The second kappa shape index (κ2) is 5.24. The van der Waals surface area contributed by atoms with Crippen molar-refractivity contribution in [2.75, 3.05) is 17.7 Å². The topological polar surface area (TPSA) is 85.5 Å². The lowest BCUT2D eigenvalue weighted by molar-refractivity contribution is 0.100. The molecule has 0 radical (unpaired) electrons. The molecule has 2 aromatic rings. The smallest absolute Gasteiger partial charge is 0.250 e. The first-order valence-electron chi connectivity index (χ1n) is 6.03. The predicted molar refractivity (Wildman–Crippen MR) is 74.9 cm³/mol. The van der Waals surface area contributed by atoms with Crippen molar-refractivity contribution in [3.05, 3.63) is 47.2 Å².